The topological polar surface area (TPSA) is 47.3 Å². The number of nitrogens with one attached hydrogen (secondary N) is 1. The molecule has 2 rings (SSSR count). The number of methoxy groups -OCH3 is 1. The first-order chi connectivity index (χ1) is 9.58. The van der Waals surface area contributed by atoms with E-state index < -0.39 is 0 Å². The van der Waals surface area contributed by atoms with Crippen molar-refractivity contribution in [3.8, 4) is 5.75 Å². The molecule has 20 heavy (non-hydrogen) atoms. The monoisotopic (exact) mass is 330 g/mol. The number of nitrogens with two attached hydrogens (primary N) is 1. The van der Waals surface area contributed by atoms with Crippen molar-refractivity contribution in [1.82, 2.24) is 5.43 Å². The summed E-state index contributed by atoms with van der Waals surface area (Å²) in [7, 11) is 1.58. The molecule has 2 aromatic carbocycles. The molecule has 0 heterocycles. The zero-order valence-electron chi connectivity index (χ0n) is 10.7. The fourth-order valence-electron chi connectivity index (χ4n) is 2.02. The third-order valence-electron chi connectivity index (χ3n) is 2.96. The van der Waals surface area contributed by atoms with Gasteiger partial charge in [-0.15, -0.1) is 0 Å². The Labute approximate surface area is 132 Å². The third-order valence-corrected chi connectivity index (χ3v) is 4.03. The van der Waals surface area contributed by atoms with Crippen LogP contribution in [0.2, 0.25) is 15.1 Å². The van der Waals surface area contributed by atoms with Gasteiger partial charge in [0, 0.05) is 10.6 Å². The van der Waals surface area contributed by atoms with Crippen molar-refractivity contribution in [3.63, 3.8) is 0 Å². The van der Waals surface area contributed by atoms with E-state index in [9.17, 15) is 0 Å². The number of hydrazine groups is 1. The minimum atomic E-state index is -0.380. The lowest BCUT2D eigenvalue weighted by Gasteiger charge is -2.21. The first kappa shape index (κ1) is 15.4. The van der Waals surface area contributed by atoms with E-state index in [-0.39, 0.29) is 6.04 Å². The van der Waals surface area contributed by atoms with Crippen molar-refractivity contribution in [3.05, 3.63) is 62.6 Å². The van der Waals surface area contributed by atoms with Crippen LogP contribution in [0.4, 0.5) is 0 Å². The minimum Gasteiger partial charge on any atom is -0.496 e. The van der Waals surface area contributed by atoms with Crippen LogP contribution in [-0.4, -0.2) is 7.11 Å². The summed E-state index contributed by atoms with van der Waals surface area (Å²) in [6.07, 6.45) is 0. The van der Waals surface area contributed by atoms with Crippen LogP contribution in [0.3, 0.4) is 0 Å². The molecule has 0 aliphatic heterocycles. The largest absolute Gasteiger partial charge is 0.496 e. The van der Waals surface area contributed by atoms with Gasteiger partial charge in [-0.25, -0.2) is 5.43 Å². The van der Waals surface area contributed by atoms with E-state index in [0.717, 1.165) is 11.1 Å². The van der Waals surface area contributed by atoms with Gasteiger partial charge in [-0.3, -0.25) is 5.84 Å². The molecule has 0 aliphatic carbocycles. The molecule has 0 spiro atoms. The summed E-state index contributed by atoms with van der Waals surface area (Å²) in [5.74, 6) is 6.34. The van der Waals surface area contributed by atoms with Crippen LogP contribution in [0.25, 0.3) is 0 Å². The first-order valence-corrected chi connectivity index (χ1v) is 6.95. The quantitative estimate of drug-likeness (QED) is 0.652. The van der Waals surface area contributed by atoms with Crippen LogP contribution >= 0.6 is 34.8 Å². The molecule has 2 aromatic rings. The highest BCUT2D eigenvalue weighted by atomic mass is 35.5. The van der Waals surface area contributed by atoms with Crippen LogP contribution in [0.1, 0.15) is 17.2 Å². The normalized spacial score (nSPS) is 12.2. The average Bonchev–Trinajstić information content (AvgIpc) is 2.44. The molecule has 0 amide bonds. The number of rotatable bonds is 4. The fourth-order valence-corrected chi connectivity index (χ4v) is 2.62. The Bertz CT molecular complexity index is 619. The Balaban J connectivity index is 2.58. The van der Waals surface area contributed by atoms with Crippen LogP contribution in [0, 0.1) is 0 Å². The molecular formula is C14H13Cl3N2O. The highest BCUT2D eigenvalue weighted by Gasteiger charge is 2.21. The standard InChI is InChI=1S/C14H13Cl3N2O/c1-20-12-6-5-8(15)7-10(12)14(19-18)9-3-2-4-11(16)13(9)17/h2-7,14,19H,18H2,1H3. The first-order valence-electron chi connectivity index (χ1n) is 5.82. The van der Waals surface area contributed by atoms with E-state index in [4.69, 9.17) is 45.4 Å². The summed E-state index contributed by atoms with van der Waals surface area (Å²) in [5, 5.41) is 1.49. The molecule has 3 nitrogen and oxygen atoms in total. The van der Waals surface area contributed by atoms with Crippen molar-refractivity contribution in [1.29, 1.82) is 0 Å². The predicted molar refractivity (Wildman–Crippen MR) is 83.6 cm³/mol. The van der Waals surface area contributed by atoms with Gasteiger partial charge in [0.05, 0.1) is 23.2 Å². The maximum atomic E-state index is 6.25. The van der Waals surface area contributed by atoms with Crippen molar-refractivity contribution < 1.29 is 4.74 Å². The van der Waals surface area contributed by atoms with Crippen molar-refractivity contribution in [2.45, 2.75) is 6.04 Å². The van der Waals surface area contributed by atoms with Crippen LogP contribution < -0.4 is 16.0 Å². The minimum absolute atomic E-state index is 0.380. The molecule has 0 fully saturated rings. The van der Waals surface area contributed by atoms with E-state index >= 15 is 0 Å². The highest BCUT2D eigenvalue weighted by molar-refractivity contribution is 6.42. The molecule has 3 N–H and O–H groups in total. The summed E-state index contributed by atoms with van der Waals surface area (Å²) < 4.78 is 5.34. The molecule has 0 aliphatic rings. The van der Waals surface area contributed by atoms with Gasteiger partial charge < -0.3 is 4.74 Å². The Kier molecular flexibility index (Phi) is 5.13. The van der Waals surface area contributed by atoms with Crippen LogP contribution in [-0.2, 0) is 0 Å². The Morgan fingerprint density at radius 3 is 2.50 bits per heavy atom. The molecule has 0 saturated heterocycles. The summed E-state index contributed by atoms with van der Waals surface area (Å²) in [6, 6.07) is 10.3. The number of benzene rings is 2. The van der Waals surface area contributed by atoms with Crippen molar-refractivity contribution in [2.75, 3.05) is 7.11 Å². The number of hydrogen-bond donors (Lipinski definition) is 2. The van der Waals surface area contributed by atoms with Gasteiger partial charge >= 0.3 is 0 Å². The van der Waals surface area contributed by atoms with Crippen molar-refractivity contribution in [2.24, 2.45) is 5.84 Å². The maximum Gasteiger partial charge on any atom is 0.124 e. The van der Waals surface area contributed by atoms with Gasteiger partial charge in [0.1, 0.15) is 5.75 Å². The molecule has 106 valence electrons. The fraction of sp³-hybridized carbons (Fsp3) is 0.143. The van der Waals surface area contributed by atoms with Crippen molar-refractivity contribution >= 4 is 34.8 Å². The third kappa shape index (κ3) is 3.03. The Morgan fingerprint density at radius 1 is 1.10 bits per heavy atom. The van der Waals surface area contributed by atoms with Gasteiger partial charge in [0.2, 0.25) is 0 Å². The molecule has 0 radical (unpaired) electrons. The molecule has 1 atom stereocenters. The second-order valence-electron chi connectivity index (χ2n) is 4.13. The second-order valence-corrected chi connectivity index (χ2v) is 5.35. The molecule has 0 aromatic heterocycles. The van der Waals surface area contributed by atoms with Gasteiger partial charge in [-0.2, -0.15) is 0 Å². The Hall–Kier alpha value is -0.970. The number of hydrogen-bond acceptors (Lipinski definition) is 3. The molecule has 1 unspecified atom stereocenters. The van der Waals surface area contributed by atoms with Gasteiger partial charge in [0.15, 0.2) is 0 Å². The molecular weight excluding hydrogens is 319 g/mol. The van der Waals surface area contributed by atoms with Crippen LogP contribution in [0.15, 0.2) is 36.4 Å². The smallest absolute Gasteiger partial charge is 0.124 e. The summed E-state index contributed by atoms with van der Waals surface area (Å²) in [5.41, 5.74) is 4.26. The van der Waals surface area contributed by atoms with E-state index in [2.05, 4.69) is 5.43 Å². The van der Waals surface area contributed by atoms with E-state index in [1.165, 1.54) is 0 Å². The summed E-state index contributed by atoms with van der Waals surface area (Å²) in [4.78, 5) is 0. The average molecular weight is 332 g/mol. The second kappa shape index (κ2) is 6.66. The Morgan fingerprint density at radius 2 is 1.85 bits per heavy atom. The number of ether oxygens (including phenoxy) is 1. The molecule has 6 heteroatoms. The molecule has 0 saturated carbocycles. The van der Waals surface area contributed by atoms with E-state index in [1.54, 1.807) is 31.4 Å². The lowest BCUT2D eigenvalue weighted by atomic mass is 9.98. The SMILES string of the molecule is COc1ccc(Cl)cc1C(NN)c1cccc(Cl)c1Cl. The highest BCUT2D eigenvalue weighted by Crippen LogP contribution is 2.37. The zero-order chi connectivity index (χ0) is 14.7. The van der Waals surface area contributed by atoms with Crippen LogP contribution in [0.5, 0.6) is 5.75 Å². The van der Waals surface area contributed by atoms with Gasteiger partial charge in [-0.1, -0.05) is 46.9 Å². The van der Waals surface area contributed by atoms with Gasteiger partial charge in [0.25, 0.3) is 0 Å². The maximum absolute atomic E-state index is 6.25. The number of halogens is 3. The van der Waals surface area contributed by atoms with E-state index in [1.807, 2.05) is 12.1 Å². The van der Waals surface area contributed by atoms with Gasteiger partial charge in [-0.05, 0) is 29.8 Å². The summed E-state index contributed by atoms with van der Waals surface area (Å²) in [6.45, 7) is 0. The predicted octanol–water partition coefficient (Wildman–Crippen LogP) is 4.21. The molecule has 0 bridgehead atoms. The summed E-state index contributed by atoms with van der Waals surface area (Å²) >= 11 is 18.4. The van der Waals surface area contributed by atoms with E-state index in [0.29, 0.717) is 20.8 Å². The zero-order valence-corrected chi connectivity index (χ0v) is 12.9. The lowest BCUT2D eigenvalue weighted by molar-refractivity contribution is 0.404. The lowest BCUT2D eigenvalue weighted by Crippen LogP contribution is -2.29.